The van der Waals surface area contributed by atoms with E-state index in [0.717, 1.165) is 0 Å². The Hall–Kier alpha value is -0.866. The molecule has 1 aromatic carbocycles. The molecule has 0 unspecified atom stereocenters. The second kappa shape index (κ2) is 2.31. The monoisotopic (exact) mass is 184 g/mol. The van der Waals surface area contributed by atoms with E-state index in [0.29, 0.717) is 18.3 Å². The number of hydrogen-bond donors (Lipinski definition) is 0. The van der Waals surface area contributed by atoms with E-state index in [1.54, 1.807) is 10.0 Å². The highest BCUT2D eigenvalue weighted by atomic mass is 28.2. The van der Waals surface area contributed by atoms with Crippen molar-refractivity contribution in [1.82, 2.24) is 0 Å². The molecule has 0 saturated carbocycles. The van der Waals surface area contributed by atoms with Crippen LogP contribution in [0.2, 0.25) is 0 Å². The van der Waals surface area contributed by atoms with Gasteiger partial charge in [0.15, 0.2) is 0 Å². The number of rotatable bonds is 0. The zero-order chi connectivity index (χ0) is 7.97. The minimum atomic E-state index is 0.443. The van der Waals surface area contributed by atoms with Crippen molar-refractivity contribution in [2.75, 3.05) is 0 Å². The summed E-state index contributed by atoms with van der Waals surface area (Å²) in [7, 11) is 0.886. The van der Waals surface area contributed by atoms with Crippen LogP contribution in [-0.2, 0) is 0 Å². The first kappa shape index (κ1) is 6.63. The maximum absolute atomic E-state index is 2.43. The molecule has 0 amide bonds. The van der Waals surface area contributed by atoms with Crippen LogP contribution < -0.4 is 10.4 Å². The Morgan fingerprint density at radius 2 is 2.17 bits per heavy atom. The second-order valence-electron chi connectivity index (χ2n) is 3.16. The van der Waals surface area contributed by atoms with E-state index in [2.05, 4.69) is 35.7 Å². The standard InChI is InChI=1S/C10H8Si2/c1-3-11-9-6-10-8(2-4-12-10)5-7(1)9/h1-6,11-12H. The van der Waals surface area contributed by atoms with Crippen LogP contribution in [0.4, 0.5) is 0 Å². The molecule has 0 aromatic heterocycles. The Morgan fingerprint density at radius 1 is 1.17 bits per heavy atom. The summed E-state index contributed by atoms with van der Waals surface area (Å²) in [6.07, 6.45) is 4.54. The van der Waals surface area contributed by atoms with Crippen molar-refractivity contribution in [2.24, 2.45) is 0 Å². The molecule has 0 atom stereocenters. The Balaban J connectivity index is 2.50. The molecule has 0 saturated heterocycles. The van der Waals surface area contributed by atoms with Crippen molar-refractivity contribution >= 4 is 41.3 Å². The molecule has 0 fully saturated rings. The highest BCUT2D eigenvalue weighted by Crippen LogP contribution is 2.03. The smallest absolute Gasteiger partial charge is 0.0301 e. The fourth-order valence-electron chi connectivity index (χ4n) is 1.76. The van der Waals surface area contributed by atoms with Gasteiger partial charge < -0.3 is 0 Å². The quantitative estimate of drug-likeness (QED) is 0.455. The van der Waals surface area contributed by atoms with Crippen LogP contribution in [0.1, 0.15) is 5.56 Å². The summed E-state index contributed by atoms with van der Waals surface area (Å²) in [4.78, 5) is 1.60. The molecule has 3 rings (SSSR count). The maximum Gasteiger partial charge on any atom is 0.0301 e. The summed E-state index contributed by atoms with van der Waals surface area (Å²) < 4.78 is 0. The van der Waals surface area contributed by atoms with Gasteiger partial charge >= 0.3 is 0 Å². The molecule has 0 aliphatic carbocycles. The Labute approximate surface area is 75.1 Å². The summed E-state index contributed by atoms with van der Waals surface area (Å²) in [5, 5.41) is 3.07. The van der Waals surface area contributed by atoms with Crippen LogP contribution >= 0.6 is 0 Å². The van der Waals surface area contributed by atoms with Gasteiger partial charge in [-0.3, -0.25) is 0 Å². The average Bonchev–Trinajstić information content (AvgIpc) is 2.64. The molecule has 2 aliphatic rings. The zero-order valence-electron chi connectivity index (χ0n) is 6.62. The van der Waals surface area contributed by atoms with Crippen molar-refractivity contribution in [3.8, 4) is 0 Å². The third kappa shape index (κ3) is 0.821. The molecule has 56 valence electrons. The van der Waals surface area contributed by atoms with Gasteiger partial charge in [0.1, 0.15) is 0 Å². The van der Waals surface area contributed by atoms with Crippen molar-refractivity contribution in [1.29, 1.82) is 0 Å². The lowest BCUT2D eigenvalue weighted by Crippen LogP contribution is -2.24. The lowest BCUT2D eigenvalue weighted by Gasteiger charge is -1.95. The Morgan fingerprint density at radius 3 is 3.17 bits per heavy atom. The molecule has 0 nitrogen and oxygen atoms in total. The van der Waals surface area contributed by atoms with Crippen molar-refractivity contribution in [2.45, 2.75) is 0 Å². The van der Waals surface area contributed by atoms with E-state index in [-0.39, 0.29) is 0 Å². The van der Waals surface area contributed by atoms with Gasteiger partial charge in [0, 0.05) is 18.3 Å². The van der Waals surface area contributed by atoms with Crippen LogP contribution in [0.3, 0.4) is 0 Å². The van der Waals surface area contributed by atoms with E-state index in [4.69, 9.17) is 0 Å². The third-order valence-corrected chi connectivity index (χ3v) is 4.88. The number of fused-ring (bicyclic) bond motifs is 2. The van der Waals surface area contributed by atoms with Gasteiger partial charge in [-0.25, -0.2) is 0 Å². The largest absolute Gasteiger partial charge is 0.0793 e. The summed E-state index contributed by atoms with van der Waals surface area (Å²) in [5.41, 5.74) is 6.13. The minimum absolute atomic E-state index is 0.443. The van der Waals surface area contributed by atoms with Gasteiger partial charge in [-0.2, -0.15) is 0 Å². The zero-order valence-corrected chi connectivity index (χ0v) is 8.93. The minimum Gasteiger partial charge on any atom is -0.0793 e. The van der Waals surface area contributed by atoms with Gasteiger partial charge in [0.2, 0.25) is 0 Å². The van der Waals surface area contributed by atoms with E-state index >= 15 is 0 Å². The predicted octanol–water partition coefficient (Wildman–Crippen LogP) is -0.984. The van der Waals surface area contributed by atoms with Crippen molar-refractivity contribution in [3.05, 3.63) is 33.4 Å². The van der Waals surface area contributed by atoms with E-state index in [1.807, 2.05) is 0 Å². The molecular formula is C10H8Si2. The third-order valence-electron chi connectivity index (χ3n) is 2.39. The summed E-state index contributed by atoms with van der Waals surface area (Å²) in [6.45, 7) is 0. The summed E-state index contributed by atoms with van der Waals surface area (Å²) in [6, 6.07) is 4.77. The first-order chi connectivity index (χ1) is 5.93. The first-order valence-electron chi connectivity index (χ1n) is 4.14. The molecule has 12 heavy (non-hydrogen) atoms. The molecule has 2 heterocycles. The molecule has 2 heteroatoms. The average molecular weight is 184 g/mol. The van der Waals surface area contributed by atoms with Gasteiger partial charge in [-0.05, 0) is 26.8 Å². The molecular weight excluding hydrogens is 176 g/mol. The highest BCUT2D eigenvalue weighted by molar-refractivity contribution is 6.67. The maximum atomic E-state index is 2.43. The second-order valence-corrected chi connectivity index (χ2v) is 5.84. The van der Waals surface area contributed by atoms with Crippen LogP contribution in [0.15, 0.2) is 17.8 Å². The number of hydrogen-bond acceptors (Lipinski definition) is 0. The molecule has 0 radical (unpaired) electrons. The van der Waals surface area contributed by atoms with Crippen molar-refractivity contribution < 1.29 is 0 Å². The lowest BCUT2D eigenvalue weighted by atomic mass is 10.2. The van der Waals surface area contributed by atoms with Crippen LogP contribution in [0.25, 0.3) is 12.2 Å². The topological polar surface area (TPSA) is 0 Å². The normalized spacial score (nSPS) is 15.3. The van der Waals surface area contributed by atoms with Crippen LogP contribution in [0.5, 0.6) is 0 Å². The van der Waals surface area contributed by atoms with Crippen LogP contribution in [0, 0.1) is 4.81 Å². The molecule has 1 aromatic rings. The fraction of sp³-hybridized carbons (Fsp3) is 0. The molecule has 2 aliphatic heterocycles. The molecule has 0 N–H and O–H groups in total. The van der Waals surface area contributed by atoms with Gasteiger partial charge in [-0.15, -0.1) is 0 Å². The van der Waals surface area contributed by atoms with Gasteiger partial charge in [0.25, 0.3) is 0 Å². The summed E-state index contributed by atoms with van der Waals surface area (Å²) >= 11 is 0. The van der Waals surface area contributed by atoms with E-state index in [1.165, 1.54) is 10.8 Å². The van der Waals surface area contributed by atoms with Gasteiger partial charge in [0.05, 0.1) is 0 Å². The Kier molecular flexibility index (Phi) is 1.28. The lowest BCUT2D eigenvalue weighted by molar-refractivity contribution is 1.61. The first-order valence-corrected chi connectivity index (χ1v) is 6.63. The van der Waals surface area contributed by atoms with E-state index < -0.39 is 0 Å². The van der Waals surface area contributed by atoms with Crippen molar-refractivity contribution in [3.63, 3.8) is 0 Å². The molecule has 0 spiro atoms. The highest BCUT2D eigenvalue weighted by Gasteiger charge is 2.01. The predicted molar refractivity (Wildman–Crippen MR) is 58.4 cm³/mol. The SMILES string of the molecule is C1=Cc2cc3c(cc2=[SiH]1)[SiH]=CC=3. The Bertz CT molecular complexity index is 472. The van der Waals surface area contributed by atoms with E-state index in [9.17, 15) is 0 Å². The number of benzene rings is 1. The fourth-order valence-corrected chi connectivity index (χ4v) is 4.27. The van der Waals surface area contributed by atoms with Gasteiger partial charge in [-0.1, -0.05) is 29.6 Å². The summed E-state index contributed by atoms with van der Waals surface area (Å²) in [5.74, 6) is 0. The molecule has 0 bridgehead atoms. The van der Waals surface area contributed by atoms with Crippen LogP contribution in [-0.4, -0.2) is 23.9 Å².